The molecule has 0 aliphatic rings. The number of benzene rings is 1. The highest BCUT2D eigenvalue weighted by molar-refractivity contribution is 5.92. The van der Waals surface area contributed by atoms with E-state index in [0.717, 1.165) is 11.8 Å². The molecule has 0 radical (unpaired) electrons. The zero-order valence-corrected chi connectivity index (χ0v) is 17.3. The molecular weight excluding hydrogens is 370 g/mol. The van der Waals surface area contributed by atoms with Gasteiger partial charge in [-0.05, 0) is 31.5 Å². The van der Waals surface area contributed by atoms with E-state index in [9.17, 15) is 4.79 Å². The van der Waals surface area contributed by atoms with Crippen molar-refractivity contribution in [1.82, 2.24) is 9.97 Å². The molecule has 0 saturated heterocycles. The molecule has 2 heterocycles. The van der Waals surface area contributed by atoms with Crippen LogP contribution in [0.25, 0.3) is 10.9 Å². The molecule has 1 amide bonds. The number of nitrogens with one attached hydrogen (secondary N) is 1. The van der Waals surface area contributed by atoms with Gasteiger partial charge in [0.2, 0.25) is 11.8 Å². The van der Waals surface area contributed by atoms with E-state index < -0.39 is 0 Å². The van der Waals surface area contributed by atoms with Crippen molar-refractivity contribution in [3.63, 3.8) is 0 Å². The van der Waals surface area contributed by atoms with Gasteiger partial charge in [0.1, 0.15) is 5.75 Å². The van der Waals surface area contributed by atoms with E-state index in [1.165, 1.54) is 0 Å². The molecule has 7 heteroatoms. The Kier molecular flexibility index (Phi) is 6.16. The van der Waals surface area contributed by atoms with Gasteiger partial charge in [0.15, 0.2) is 11.5 Å². The number of fused-ring (bicyclic) bond motifs is 1. The fraction of sp³-hybridized carbons (Fsp3) is 0.318. The van der Waals surface area contributed by atoms with Crippen molar-refractivity contribution >= 4 is 22.5 Å². The Morgan fingerprint density at radius 2 is 1.83 bits per heavy atom. The molecule has 1 N–H and O–H groups in total. The summed E-state index contributed by atoms with van der Waals surface area (Å²) in [6.45, 7) is 5.71. The van der Waals surface area contributed by atoms with Gasteiger partial charge in [-0.1, -0.05) is 13.8 Å². The number of carbonyl (C=O) groups excluding carboxylic acids is 1. The van der Waals surface area contributed by atoms with Crippen LogP contribution in [-0.4, -0.2) is 30.1 Å². The predicted molar refractivity (Wildman–Crippen MR) is 112 cm³/mol. The summed E-state index contributed by atoms with van der Waals surface area (Å²) in [5.74, 6) is 2.13. The number of aromatic nitrogens is 2. The third-order valence-electron chi connectivity index (χ3n) is 4.80. The third kappa shape index (κ3) is 4.39. The van der Waals surface area contributed by atoms with E-state index in [2.05, 4.69) is 15.3 Å². The highest BCUT2D eigenvalue weighted by Crippen LogP contribution is 2.36. The Balaban J connectivity index is 1.89. The normalized spacial score (nSPS) is 11.8. The number of rotatable bonds is 7. The standard InChI is InChI=1S/C22H25N3O4/c1-6-13(2)22(26)25-16-7-8-21(24-14(16)3)29-18-9-10-23-17-12-20(28-5)19(27-4)11-15(17)18/h7-13H,6H2,1-5H3,(H,25,26). The second-order valence-corrected chi connectivity index (χ2v) is 6.72. The fourth-order valence-electron chi connectivity index (χ4n) is 2.82. The molecule has 3 aromatic rings. The van der Waals surface area contributed by atoms with Gasteiger partial charge in [0.25, 0.3) is 0 Å². The number of hydrogen-bond donors (Lipinski definition) is 1. The monoisotopic (exact) mass is 395 g/mol. The van der Waals surface area contributed by atoms with Gasteiger partial charge >= 0.3 is 0 Å². The first-order valence-electron chi connectivity index (χ1n) is 9.43. The summed E-state index contributed by atoms with van der Waals surface area (Å²) in [4.78, 5) is 21.0. The fourth-order valence-corrected chi connectivity index (χ4v) is 2.82. The van der Waals surface area contributed by atoms with Gasteiger partial charge in [-0.2, -0.15) is 0 Å². The lowest BCUT2D eigenvalue weighted by Crippen LogP contribution is -2.20. The van der Waals surface area contributed by atoms with E-state index in [1.54, 1.807) is 44.7 Å². The van der Waals surface area contributed by atoms with Gasteiger partial charge in [0, 0.05) is 29.6 Å². The van der Waals surface area contributed by atoms with Crippen molar-refractivity contribution in [1.29, 1.82) is 0 Å². The number of pyridine rings is 2. The summed E-state index contributed by atoms with van der Waals surface area (Å²) in [6.07, 6.45) is 2.44. The summed E-state index contributed by atoms with van der Waals surface area (Å²) < 4.78 is 16.7. The summed E-state index contributed by atoms with van der Waals surface area (Å²) in [7, 11) is 3.16. The van der Waals surface area contributed by atoms with Crippen molar-refractivity contribution in [2.75, 3.05) is 19.5 Å². The minimum Gasteiger partial charge on any atom is -0.493 e. The number of aryl methyl sites for hydroxylation is 1. The Morgan fingerprint density at radius 1 is 1.10 bits per heavy atom. The number of methoxy groups -OCH3 is 2. The van der Waals surface area contributed by atoms with E-state index in [4.69, 9.17) is 14.2 Å². The molecule has 3 rings (SSSR count). The molecule has 7 nitrogen and oxygen atoms in total. The van der Waals surface area contributed by atoms with Gasteiger partial charge in [-0.15, -0.1) is 0 Å². The van der Waals surface area contributed by atoms with Gasteiger partial charge < -0.3 is 19.5 Å². The largest absolute Gasteiger partial charge is 0.493 e. The average molecular weight is 395 g/mol. The highest BCUT2D eigenvalue weighted by atomic mass is 16.5. The molecule has 29 heavy (non-hydrogen) atoms. The minimum atomic E-state index is -0.0551. The molecule has 1 unspecified atom stereocenters. The van der Waals surface area contributed by atoms with Crippen LogP contribution in [0.5, 0.6) is 23.1 Å². The van der Waals surface area contributed by atoms with Gasteiger partial charge in [-0.3, -0.25) is 9.78 Å². The number of amides is 1. The lowest BCUT2D eigenvalue weighted by atomic mass is 10.1. The summed E-state index contributed by atoms with van der Waals surface area (Å²) in [6, 6.07) is 8.92. The first-order chi connectivity index (χ1) is 14.0. The van der Waals surface area contributed by atoms with Crippen LogP contribution in [0.3, 0.4) is 0 Å². The van der Waals surface area contributed by atoms with Crippen LogP contribution in [-0.2, 0) is 4.79 Å². The predicted octanol–water partition coefficient (Wildman–Crippen LogP) is 4.73. The summed E-state index contributed by atoms with van der Waals surface area (Å²) in [5, 5.41) is 3.69. The topological polar surface area (TPSA) is 82.6 Å². The van der Waals surface area contributed by atoms with Crippen LogP contribution < -0.4 is 19.5 Å². The Labute approximate surface area is 170 Å². The maximum absolute atomic E-state index is 12.1. The Morgan fingerprint density at radius 3 is 2.48 bits per heavy atom. The van der Waals surface area contributed by atoms with Crippen molar-refractivity contribution in [2.45, 2.75) is 27.2 Å². The van der Waals surface area contributed by atoms with E-state index in [-0.39, 0.29) is 11.8 Å². The number of ether oxygens (including phenoxy) is 3. The molecule has 1 aromatic carbocycles. The molecule has 2 aromatic heterocycles. The summed E-state index contributed by atoms with van der Waals surface area (Å²) in [5.41, 5.74) is 2.07. The Hall–Kier alpha value is -3.35. The average Bonchev–Trinajstić information content (AvgIpc) is 2.74. The van der Waals surface area contributed by atoms with Crippen LogP contribution in [0.15, 0.2) is 36.5 Å². The molecule has 0 bridgehead atoms. The molecule has 0 spiro atoms. The lowest BCUT2D eigenvalue weighted by molar-refractivity contribution is -0.119. The number of nitrogens with zero attached hydrogens (tertiary/aromatic N) is 2. The lowest BCUT2D eigenvalue weighted by Gasteiger charge is -2.14. The zero-order chi connectivity index (χ0) is 21.0. The van der Waals surface area contributed by atoms with Crippen LogP contribution in [0.4, 0.5) is 5.69 Å². The first kappa shape index (κ1) is 20.4. The second-order valence-electron chi connectivity index (χ2n) is 6.72. The van der Waals surface area contributed by atoms with Crippen molar-refractivity contribution < 1.29 is 19.0 Å². The maximum Gasteiger partial charge on any atom is 0.227 e. The molecule has 0 saturated carbocycles. The quantitative estimate of drug-likeness (QED) is 0.623. The SMILES string of the molecule is CCC(C)C(=O)Nc1ccc(Oc2ccnc3cc(OC)c(OC)cc23)nc1C. The Bertz CT molecular complexity index is 1040. The number of anilines is 1. The molecule has 1 atom stereocenters. The molecular formula is C22H25N3O4. The first-order valence-corrected chi connectivity index (χ1v) is 9.43. The molecule has 0 fully saturated rings. The van der Waals surface area contributed by atoms with Crippen molar-refractivity contribution in [2.24, 2.45) is 5.92 Å². The highest BCUT2D eigenvalue weighted by Gasteiger charge is 2.14. The smallest absolute Gasteiger partial charge is 0.227 e. The van der Waals surface area contributed by atoms with E-state index in [0.29, 0.717) is 40.0 Å². The number of carbonyl (C=O) groups is 1. The van der Waals surface area contributed by atoms with Crippen LogP contribution in [0.1, 0.15) is 26.0 Å². The van der Waals surface area contributed by atoms with Crippen LogP contribution >= 0.6 is 0 Å². The van der Waals surface area contributed by atoms with E-state index >= 15 is 0 Å². The third-order valence-corrected chi connectivity index (χ3v) is 4.80. The maximum atomic E-state index is 12.1. The van der Waals surface area contributed by atoms with Crippen LogP contribution in [0.2, 0.25) is 0 Å². The number of hydrogen-bond acceptors (Lipinski definition) is 6. The zero-order valence-electron chi connectivity index (χ0n) is 17.3. The van der Waals surface area contributed by atoms with Gasteiger partial charge in [0.05, 0.1) is 31.1 Å². The van der Waals surface area contributed by atoms with Gasteiger partial charge in [-0.25, -0.2) is 4.98 Å². The minimum absolute atomic E-state index is 0.0211. The van der Waals surface area contributed by atoms with Crippen molar-refractivity contribution in [3.05, 3.63) is 42.2 Å². The second kappa shape index (κ2) is 8.77. The molecule has 152 valence electrons. The summed E-state index contributed by atoms with van der Waals surface area (Å²) >= 11 is 0. The van der Waals surface area contributed by atoms with Crippen LogP contribution in [0, 0.1) is 12.8 Å². The molecule has 0 aliphatic carbocycles. The van der Waals surface area contributed by atoms with E-state index in [1.807, 2.05) is 26.8 Å². The van der Waals surface area contributed by atoms with Crippen molar-refractivity contribution in [3.8, 4) is 23.1 Å². The molecule has 0 aliphatic heterocycles.